The number of hydrogen-bond donors (Lipinski definition) is 1. The summed E-state index contributed by atoms with van der Waals surface area (Å²) in [5.41, 5.74) is 1.06. The summed E-state index contributed by atoms with van der Waals surface area (Å²) in [5, 5.41) is 4.62. The Morgan fingerprint density at radius 1 is 1.75 bits per heavy atom. The second kappa shape index (κ2) is 2.94. The first-order chi connectivity index (χ1) is 5.92. The maximum Gasteiger partial charge on any atom is 0.207 e. The number of carbonyl (C=O) groups excluding carboxylic acids is 1. The summed E-state index contributed by atoms with van der Waals surface area (Å²) in [6.07, 6.45) is 4.24. The van der Waals surface area contributed by atoms with Crippen LogP contribution in [-0.2, 0) is 11.3 Å². The Kier molecular flexibility index (Phi) is 1.79. The van der Waals surface area contributed by atoms with Gasteiger partial charge in [-0.3, -0.25) is 9.20 Å². The van der Waals surface area contributed by atoms with Crippen molar-refractivity contribution in [2.75, 3.05) is 0 Å². The molecule has 2 aromatic heterocycles. The fourth-order valence-electron chi connectivity index (χ4n) is 1.04. The van der Waals surface area contributed by atoms with Crippen LogP contribution in [0.3, 0.4) is 0 Å². The molecule has 0 aromatic carbocycles. The predicted octanol–water partition coefficient (Wildman–Crippen LogP) is 0.642. The third-order valence-corrected chi connectivity index (χ3v) is 2.53. The highest BCUT2D eigenvalue weighted by Crippen LogP contribution is 2.14. The van der Waals surface area contributed by atoms with Crippen molar-refractivity contribution in [3.8, 4) is 0 Å². The third kappa shape index (κ3) is 1.08. The zero-order valence-electron chi connectivity index (χ0n) is 6.23. The van der Waals surface area contributed by atoms with Crippen molar-refractivity contribution in [1.29, 1.82) is 0 Å². The third-order valence-electron chi connectivity index (χ3n) is 1.60. The van der Waals surface area contributed by atoms with Crippen molar-refractivity contribution in [2.24, 2.45) is 0 Å². The first kappa shape index (κ1) is 7.30. The van der Waals surface area contributed by atoms with Crippen LogP contribution in [0.15, 0.2) is 17.9 Å². The Morgan fingerprint density at radius 2 is 2.67 bits per heavy atom. The Morgan fingerprint density at radius 3 is 3.50 bits per heavy atom. The van der Waals surface area contributed by atoms with Crippen LogP contribution in [0.25, 0.3) is 4.83 Å². The van der Waals surface area contributed by atoms with E-state index in [4.69, 9.17) is 0 Å². The molecule has 0 bridgehead atoms. The van der Waals surface area contributed by atoms with Crippen molar-refractivity contribution < 1.29 is 4.79 Å². The average Bonchev–Trinajstić information content (AvgIpc) is 2.62. The number of hydrogen-bond acceptors (Lipinski definition) is 3. The molecule has 0 atom stereocenters. The van der Waals surface area contributed by atoms with Gasteiger partial charge >= 0.3 is 0 Å². The number of aromatic nitrogens is 2. The second-order valence-electron chi connectivity index (χ2n) is 2.33. The first-order valence-electron chi connectivity index (χ1n) is 3.47. The van der Waals surface area contributed by atoms with E-state index in [1.54, 1.807) is 23.9 Å². The monoisotopic (exact) mass is 181 g/mol. The highest BCUT2D eigenvalue weighted by molar-refractivity contribution is 7.15. The molecule has 0 aliphatic rings. The number of imidazole rings is 1. The summed E-state index contributed by atoms with van der Waals surface area (Å²) in [4.78, 5) is 15.1. The molecular weight excluding hydrogens is 174 g/mol. The number of nitrogens with zero attached hydrogens (tertiary/aromatic N) is 2. The summed E-state index contributed by atoms with van der Waals surface area (Å²) >= 11 is 1.62. The molecule has 2 aromatic rings. The van der Waals surface area contributed by atoms with Crippen LogP contribution in [0.2, 0.25) is 0 Å². The minimum Gasteiger partial charge on any atom is -0.353 e. The molecule has 0 unspecified atom stereocenters. The van der Waals surface area contributed by atoms with Gasteiger partial charge in [0.15, 0.2) is 0 Å². The molecule has 2 heterocycles. The zero-order chi connectivity index (χ0) is 8.39. The normalized spacial score (nSPS) is 10.3. The van der Waals surface area contributed by atoms with E-state index in [0.29, 0.717) is 13.0 Å². The van der Waals surface area contributed by atoms with E-state index in [9.17, 15) is 4.79 Å². The van der Waals surface area contributed by atoms with Crippen molar-refractivity contribution in [2.45, 2.75) is 6.54 Å². The Balaban J connectivity index is 2.34. The lowest BCUT2D eigenvalue weighted by molar-refractivity contribution is -0.109. The number of rotatable bonds is 3. The summed E-state index contributed by atoms with van der Waals surface area (Å²) in [7, 11) is 0. The Bertz CT molecular complexity index is 392. The molecule has 2 rings (SSSR count). The van der Waals surface area contributed by atoms with E-state index in [1.165, 1.54) is 0 Å². The SMILES string of the molecule is O=CNCc1csc2cncn12. The number of amides is 1. The minimum absolute atomic E-state index is 0.555. The molecule has 0 aliphatic heterocycles. The second-order valence-corrected chi connectivity index (χ2v) is 3.22. The van der Waals surface area contributed by atoms with Crippen molar-refractivity contribution >= 4 is 22.6 Å². The molecule has 0 fully saturated rings. The first-order valence-corrected chi connectivity index (χ1v) is 4.35. The number of fused-ring (bicyclic) bond motifs is 1. The molecule has 0 saturated heterocycles. The molecule has 5 heteroatoms. The predicted molar refractivity (Wildman–Crippen MR) is 46.0 cm³/mol. The molecule has 0 spiro atoms. The van der Waals surface area contributed by atoms with E-state index in [2.05, 4.69) is 10.3 Å². The molecule has 12 heavy (non-hydrogen) atoms. The summed E-state index contributed by atoms with van der Waals surface area (Å²) in [6, 6.07) is 0. The molecule has 0 radical (unpaired) electrons. The molecule has 1 N–H and O–H groups in total. The Hall–Kier alpha value is -1.36. The van der Waals surface area contributed by atoms with E-state index < -0.39 is 0 Å². The number of carbonyl (C=O) groups is 1. The van der Waals surface area contributed by atoms with E-state index in [-0.39, 0.29) is 0 Å². The lowest BCUT2D eigenvalue weighted by Gasteiger charge is -1.95. The van der Waals surface area contributed by atoms with Crippen molar-refractivity contribution in [1.82, 2.24) is 14.7 Å². The lowest BCUT2D eigenvalue weighted by Crippen LogP contribution is -2.10. The van der Waals surface area contributed by atoms with Gasteiger partial charge in [0.05, 0.1) is 18.4 Å². The highest BCUT2D eigenvalue weighted by Gasteiger charge is 2.01. The van der Waals surface area contributed by atoms with Gasteiger partial charge in [0.2, 0.25) is 6.41 Å². The van der Waals surface area contributed by atoms with Gasteiger partial charge in [-0.05, 0) is 0 Å². The van der Waals surface area contributed by atoms with Gasteiger partial charge in [-0.15, -0.1) is 11.3 Å². The topological polar surface area (TPSA) is 46.4 Å². The molecule has 0 aliphatic carbocycles. The summed E-state index contributed by atoms with van der Waals surface area (Å²) < 4.78 is 1.96. The van der Waals surface area contributed by atoms with E-state index in [1.807, 2.05) is 9.78 Å². The molecular formula is C7H7N3OS. The van der Waals surface area contributed by atoms with Crippen LogP contribution < -0.4 is 5.32 Å². The number of thiazole rings is 1. The fraction of sp³-hybridized carbons (Fsp3) is 0.143. The van der Waals surface area contributed by atoms with E-state index >= 15 is 0 Å². The van der Waals surface area contributed by atoms with Gasteiger partial charge in [-0.1, -0.05) is 0 Å². The van der Waals surface area contributed by atoms with Crippen LogP contribution in [0.4, 0.5) is 0 Å². The van der Waals surface area contributed by atoms with Gasteiger partial charge in [-0.2, -0.15) is 0 Å². The highest BCUT2D eigenvalue weighted by atomic mass is 32.1. The fourth-order valence-corrected chi connectivity index (χ4v) is 1.90. The van der Waals surface area contributed by atoms with Crippen LogP contribution in [-0.4, -0.2) is 15.8 Å². The number of nitrogens with one attached hydrogen (secondary N) is 1. The maximum atomic E-state index is 10.0. The van der Waals surface area contributed by atoms with Gasteiger partial charge in [0.1, 0.15) is 11.2 Å². The lowest BCUT2D eigenvalue weighted by atomic mass is 10.5. The van der Waals surface area contributed by atoms with E-state index in [0.717, 1.165) is 10.5 Å². The zero-order valence-corrected chi connectivity index (χ0v) is 7.04. The Labute approximate surface area is 72.9 Å². The standard InChI is InChI=1S/C7H7N3OS/c11-5-9-1-6-3-12-7-2-8-4-10(6)7/h2-5H,1H2,(H,9,11). The summed E-state index contributed by atoms with van der Waals surface area (Å²) in [5.74, 6) is 0. The largest absolute Gasteiger partial charge is 0.353 e. The van der Waals surface area contributed by atoms with Crippen molar-refractivity contribution in [3.63, 3.8) is 0 Å². The van der Waals surface area contributed by atoms with Crippen molar-refractivity contribution in [3.05, 3.63) is 23.6 Å². The van der Waals surface area contributed by atoms with Gasteiger partial charge in [0.25, 0.3) is 0 Å². The van der Waals surface area contributed by atoms with Gasteiger partial charge in [-0.25, -0.2) is 4.98 Å². The smallest absolute Gasteiger partial charge is 0.207 e. The molecule has 1 amide bonds. The molecule has 62 valence electrons. The van der Waals surface area contributed by atoms with Gasteiger partial charge in [0, 0.05) is 5.38 Å². The minimum atomic E-state index is 0.555. The van der Waals surface area contributed by atoms with Crippen LogP contribution >= 0.6 is 11.3 Å². The van der Waals surface area contributed by atoms with Gasteiger partial charge < -0.3 is 5.32 Å². The summed E-state index contributed by atoms with van der Waals surface area (Å²) in [6.45, 7) is 0.555. The van der Waals surface area contributed by atoms with Crippen LogP contribution in [0.5, 0.6) is 0 Å². The maximum absolute atomic E-state index is 10.0. The molecule has 4 nitrogen and oxygen atoms in total. The average molecular weight is 181 g/mol. The van der Waals surface area contributed by atoms with Crippen LogP contribution in [0.1, 0.15) is 5.69 Å². The molecule has 0 saturated carbocycles. The quantitative estimate of drug-likeness (QED) is 0.706. The van der Waals surface area contributed by atoms with Crippen LogP contribution in [0, 0.1) is 0 Å².